The summed E-state index contributed by atoms with van der Waals surface area (Å²) in [6.45, 7) is 8.69. The van der Waals surface area contributed by atoms with E-state index in [0.717, 1.165) is 18.7 Å². The first kappa shape index (κ1) is 22.0. The minimum absolute atomic E-state index is 0.232. The smallest absolute Gasteiger partial charge is 0.332 e. The molecule has 0 radical (unpaired) electrons. The van der Waals surface area contributed by atoms with Crippen molar-refractivity contribution in [2.45, 2.75) is 59.1 Å². The third kappa shape index (κ3) is 6.67. The molecule has 1 unspecified atom stereocenters. The lowest BCUT2D eigenvalue weighted by atomic mass is 10.0. The summed E-state index contributed by atoms with van der Waals surface area (Å²) in [5, 5.41) is 26.2. The number of aliphatic hydroxyl groups excluding tert-OH is 1. The minimum atomic E-state index is -1.19. The van der Waals surface area contributed by atoms with Crippen molar-refractivity contribution in [3.63, 3.8) is 0 Å². The lowest BCUT2D eigenvalue weighted by molar-refractivity contribution is -0.147. The van der Waals surface area contributed by atoms with E-state index in [-0.39, 0.29) is 5.92 Å². The molecule has 26 heavy (non-hydrogen) atoms. The van der Waals surface area contributed by atoms with Gasteiger partial charge in [-0.05, 0) is 42.7 Å². The van der Waals surface area contributed by atoms with Gasteiger partial charge in [-0.15, -0.1) is 0 Å². The third-order valence-corrected chi connectivity index (χ3v) is 4.26. The van der Waals surface area contributed by atoms with Gasteiger partial charge in [-0.1, -0.05) is 45.9 Å². The van der Waals surface area contributed by atoms with Crippen LogP contribution in [0.3, 0.4) is 0 Å². The van der Waals surface area contributed by atoms with E-state index in [1.165, 1.54) is 5.56 Å². The number of nitrogens with zero attached hydrogens (tertiary/aromatic N) is 1. The maximum absolute atomic E-state index is 11.4. The Bertz CT molecular complexity index is 600. The number of aliphatic carboxylic acids is 2. The molecule has 1 aromatic carbocycles. The highest BCUT2D eigenvalue weighted by atomic mass is 16.4. The fourth-order valence-electron chi connectivity index (χ4n) is 3.04. The highest BCUT2D eigenvalue weighted by Gasteiger charge is 2.30. The Morgan fingerprint density at radius 1 is 1.00 bits per heavy atom. The van der Waals surface area contributed by atoms with E-state index in [9.17, 15) is 14.7 Å². The summed E-state index contributed by atoms with van der Waals surface area (Å²) in [5.41, 5.74) is 2.36. The van der Waals surface area contributed by atoms with Crippen molar-refractivity contribution in [3.05, 3.63) is 29.8 Å². The van der Waals surface area contributed by atoms with E-state index in [4.69, 9.17) is 10.2 Å². The molecule has 0 saturated carbocycles. The Hall–Kier alpha value is -2.08. The monoisotopic (exact) mass is 365 g/mol. The number of carbonyl (C=O) groups is 2. The molecule has 0 bridgehead atoms. The van der Waals surface area contributed by atoms with Gasteiger partial charge in [0.1, 0.15) is 6.04 Å². The quantitative estimate of drug-likeness (QED) is 0.687. The second-order valence-corrected chi connectivity index (χ2v) is 7.54. The maximum Gasteiger partial charge on any atom is 0.332 e. The van der Waals surface area contributed by atoms with Crippen LogP contribution >= 0.6 is 0 Å². The number of carboxylic acids is 2. The van der Waals surface area contributed by atoms with E-state index in [1.807, 2.05) is 36.9 Å². The highest BCUT2D eigenvalue weighted by molar-refractivity contribution is 5.79. The summed E-state index contributed by atoms with van der Waals surface area (Å²) in [6, 6.07) is 7.72. The summed E-state index contributed by atoms with van der Waals surface area (Å²) in [6.07, 6.45) is 0.793. The topological polar surface area (TPSA) is 98.1 Å². The normalized spacial score (nSPS) is 15.3. The Labute approximate surface area is 155 Å². The first-order valence-corrected chi connectivity index (χ1v) is 9.11. The zero-order chi connectivity index (χ0) is 19.9. The average molecular weight is 365 g/mol. The van der Waals surface area contributed by atoms with Gasteiger partial charge in [-0.2, -0.15) is 0 Å². The van der Waals surface area contributed by atoms with E-state index in [1.54, 1.807) is 0 Å². The van der Waals surface area contributed by atoms with Gasteiger partial charge in [0, 0.05) is 12.2 Å². The van der Waals surface area contributed by atoms with Crippen LogP contribution in [0.1, 0.15) is 46.1 Å². The van der Waals surface area contributed by atoms with Crippen molar-refractivity contribution in [2.24, 2.45) is 11.8 Å². The van der Waals surface area contributed by atoms with Crippen LogP contribution in [-0.2, 0) is 16.0 Å². The number of benzene rings is 1. The molecule has 0 spiro atoms. The molecule has 0 saturated heterocycles. The number of carboxylic acid groups (broad SMARTS) is 2. The van der Waals surface area contributed by atoms with E-state index >= 15 is 0 Å². The first-order chi connectivity index (χ1) is 12.1. The van der Waals surface area contributed by atoms with Crippen LogP contribution in [0, 0.1) is 11.8 Å². The lowest BCUT2D eigenvalue weighted by Gasteiger charge is -2.28. The van der Waals surface area contributed by atoms with E-state index < -0.39 is 24.1 Å². The van der Waals surface area contributed by atoms with Crippen molar-refractivity contribution in [1.82, 2.24) is 0 Å². The highest BCUT2D eigenvalue weighted by Crippen LogP contribution is 2.31. The van der Waals surface area contributed by atoms with E-state index in [0.29, 0.717) is 18.8 Å². The van der Waals surface area contributed by atoms with Crippen molar-refractivity contribution >= 4 is 17.6 Å². The average Bonchev–Trinajstić information content (AvgIpc) is 2.96. The maximum atomic E-state index is 11.4. The molecule has 6 heteroatoms. The van der Waals surface area contributed by atoms with Crippen LogP contribution in [0.25, 0.3) is 0 Å². The number of fused-ring (bicyclic) bond motifs is 1. The predicted molar refractivity (Wildman–Crippen MR) is 101 cm³/mol. The van der Waals surface area contributed by atoms with Gasteiger partial charge in [0.15, 0.2) is 6.10 Å². The van der Waals surface area contributed by atoms with Gasteiger partial charge < -0.3 is 20.2 Å². The van der Waals surface area contributed by atoms with Gasteiger partial charge >= 0.3 is 11.9 Å². The molecular weight excluding hydrogens is 334 g/mol. The van der Waals surface area contributed by atoms with Gasteiger partial charge in [0.25, 0.3) is 0 Å². The fraction of sp³-hybridized carbons (Fsp3) is 0.600. The van der Waals surface area contributed by atoms with Crippen LogP contribution in [0.5, 0.6) is 0 Å². The Kier molecular flexibility index (Phi) is 8.58. The SMILES string of the molecule is CC(C)CC(C(=O)O)N1CCc2ccccc21.CC(C)C[C@H](O)C(=O)O. The van der Waals surface area contributed by atoms with E-state index in [2.05, 4.69) is 19.9 Å². The van der Waals surface area contributed by atoms with Gasteiger partial charge in [-0.25, -0.2) is 9.59 Å². The predicted octanol–water partition coefficient (Wildman–Crippen LogP) is 3.03. The molecule has 1 aliphatic heterocycles. The molecule has 1 heterocycles. The standard InChI is InChI=1S/C14H19NO2.C6H12O3/c1-10(2)9-13(14(16)17)15-8-7-11-5-3-4-6-12(11)15;1-4(2)3-5(7)6(8)9/h3-6,10,13H,7-9H2,1-2H3,(H,16,17);4-5,7H,3H2,1-2H3,(H,8,9)/t;5-/m.0/s1. The fourth-order valence-corrected chi connectivity index (χ4v) is 3.04. The first-order valence-electron chi connectivity index (χ1n) is 9.11. The second kappa shape index (κ2) is 10.2. The Morgan fingerprint density at radius 3 is 2.04 bits per heavy atom. The lowest BCUT2D eigenvalue weighted by Crippen LogP contribution is -2.41. The molecule has 0 amide bonds. The number of rotatable bonds is 7. The summed E-state index contributed by atoms with van der Waals surface area (Å²) >= 11 is 0. The largest absolute Gasteiger partial charge is 0.480 e. The summed E-state index contributed by atoms with van der Waals surface area (Å²) in [4.78, 5) is 23.4. The summed E-state index contributed by atoms with van der Waals surface area (Å²) < 4.78 is 0. The van der Waals surface area contributed by atoms with Crippen molar-refractivity contribution in [3.8, 4) is 0 Å². The summed E-state index contributed by atoms with van der Waals surface area (Å²) in [7, 11) is 0. The van der Waals surface area contributed by atoms with Crippen LogP contribution in [-0.4, -0.2) is 45.9 Å². The number of aliphatic hydroxyl groups is 1. The van der Waals surface area contributed by atoms with Crippen LogP contribution in [0.15, 0.2) is 24.3 Å². The molecule has 1 aromatic rings. The number of hydrogen-bond donors (Lipinski definition) is 3. The molecule has 2 atom stereocenters. The Balaban J connectivity index is 0.000000321. The van der Waals surface area contributed by atoms with Crippen LogP contribution in [0.2, 0.25) is 0 Å². The molecule has 0 aliphatic carbocycles. The Morgan fingerprint density at radius 2 is 1.58 bits per heavy atom. The zero-order valence-corrected chi connectivity index (χ0v) is 16.1. The second-order valence-electron chi connectivity index (χ2n) is 7.54. The number of para-hydroxylation sites is 1. The molecule has 1 aliphatic rings. The van der Waals surface area contributed by atoms with Crippen LogP contribution in [0.4, 0.5) is 5.69 Å². The van der Waals surface area contributed by atoms with Gasteiger partial charge in [-0.3, -0.25) is 0 Å². The van der Waals surface area contributed by atoms with Crippen molar-refractivity contribution in [1.29, 1.82) is 0 Å². The summed E-state index contributed by atoms with van der Waals surface area (Å²) in [5.74, 6) is -1.22. The van der Waals surface area contributed by atoms with Gasteiger partial charge in [0.2, 0.25) is 0 Å². The molecular formula is C20H31NO5. The number of anilines is 1. The molecule has 2 rings (SSSR count). The third-order valence-electron chi connectivity index (χ3n) is 4.26. The van der Waals surface area contributed by atoms with Crippen molar-refractivity contribution < 1.29 is 24.9 Å². The molecule has 0 fully saturated rings. The van der Waals surface area contributed by atoms with Crippen molar-refractivity contribution in [2.75, 3.05) is 11.4 Å². The minimum Gasteiger partial charge on any atom is -0.480 e. The molecule has 6 nitrogen and oxygen atoms in total. The number of hydrogen-bond acceptors (Lipinski definition) is 4. The van der Waals surface area contributed by atoms with Crippen LogP contribution < -0.4 is 4.90 Å². The molecule has 3 N–H and O–H groups in total. The zero-order valence-electron chi connectivity index (χ0n) is 16.1. The molecule has 0 aromatic heterocycles. The molecule has 146 valence electrons. The van der Waals surface area contributed by atoms with Gasteiger partial charge in [0.05, 0.1) is 0 Å².